The molecule has 0 radical (unpaired) electrons. The summed E-state index contributed by atoms with van der Waals surface area (Å²) in [6.07, 6.45) is 0.308. The molecule has 37 heavy (non-hydrogen) atoms. The maximum Gasteiger partial charge on any atom is 0.338 e. The lowest BCUT2D eigenvalue weighted by atomic mass is 9.84. The van der Waals surface area contributed by atoms with E-state index in [-0.39, 0.29) is 11.8 Å². The number of amides is 1. The second-order valence-corrected chi connectivity index (χ2v) is 11.3. The first-order chi connectivity index (χ1) is 17.4. The fourth-order valence-corrected chi connectivity index (χ4v) is 4.86. The Morgan fingerprint density at radius 1 is 1.03 bits per heavy atom. The van der Waals surface area contributed by atoms with Crippen molar-refractivity contribution in [3.05, 3.63) is 70.9 Å². The zero-order chi connectivity index (χ0) is 27.1. The number of halogens is 1. The summed E-state index contributed by atoms with van der Waals surface area (Å²) in [6, 6.07) is 13.4. The number of hydrogen-bond donors (Lipinski definition) is 1. The van der Waals surface area contributed by atoms with Gasteiger partial charge < -0.3 is 19.4 Å². The summed E-state index contributed by atoms with van der Waals surface area (Å²) in [5, 5.41) is 0.991. The standard InChI is InChI=1S/C29H33ClN2O5/c1-28(2,3)37-25(33)18-13-11-17(12-14-18)24-23-20(19-9-7-8-10-21(19)31-23)15-22(26(34)36-6)32(24)27(35)29(4,5)16-30/h7-14,22,24,31H,15-16H2,1-6H3/t22-,24+/m1/s1. The van der Waals surface area contributed by atoms with E-state index in [1.165, 1.54) is 7.11 Å². The van der Waals surface area contributed by atoms with Crippen LogP contribution >= 0.6 is 11.6 Å². The van der Waals surface area contributed by atoms with Crippen molar-refractivity contribution < 1.29 is 23.9 Å². The number of fused-ring (bicyclic) bond motifs is 3. The molecule has 8 heteroatoms. The zero-order valence-electron chi connectivity index (χ0n) is 22.1. The minimum Gasteiger partial charge on any atom is -0.467 e. The van der Waals surface area contributed by atoms with Crippen molar-refractivity contribution in [1.29, 1.82) is 0 Å². The maximum absolute atomic E-state index is 14.0. The molecule has 0 saturated carbocycles. The van der Waals surface area contributed by atoms with Gasteiger partial charge in [-0.25, -0.2) is 9.59 Å². The van der Waals surface area contributed by atoms with Crippen molar-refractivity contribution in [3.8, 4) is 0 Å². The highest BCUT2D eigenvalue weighted by Gasteiger charge is 2.47. The van der Waals surface area contributed by atoms with Gasteiger partial charge in [-0.1, -0.05) is 30.3 Å². The highest BCUT2D eigenvalue weighted by Crippen LogP contribution is 2.43. The number of hydrogen-bond acceptors (Lipinski definition) is 5. The van der Waals surface area contributed by atoms with Crippen LogP contribution in [0.1, 0.15) is 67.8 Å². The number of aromatic amines is 1. The number of nitrogens with zero attached hydrogens (tertiary/aromatic N) is 1. The Balaban J connectivity index is 1.89. The molecule has 0 aliphatic carbocycles. The number of nitrogens with one attached hydrogen (secondary N) is 1. The second kappa shape index (κ2) is 9.86. The molecule has 0 bridgehead atoms. The predicted octanol–water partition coefficient (Wildman–Crippen LogP) is 5.40. The molecule has 1 N–H and O–H groups in total. The van der Waals surface area contributed by atoms with E-state index >= 15 is 0 Å². The largest absolute Gasteiger partial charge is 0.467 e. The molecule has 2 atom stereocenters. The minimum atomic E-state index is -0.925. The third-order valence-corrected chi connectivity index (χ3v) is 7.28. The van der Waals surface area contributed by atoms with E-state index in [4.69, 9.17) is 21.1 Å². The lowest BCUT2D eigenvalue weighted by Gasteiger charge is -2.44. The van der Waals surface area contributed by atoms with Crippen LogP contribution in [-0.4, -0.2) is 52.4 Å². The quantitative estimate of drug-likeness (QED) is 0.356. The molecule has 1 aliphatic heterocycles. The molecule has 2 heterocycles. The molecule has 0 spiro atoms. The highest BCUT2D eigenvalue weighted by molar-refractivity contribution is 6.20. The van der Waals surface area contributed by atoms with E-state index in [1.807, 2.05) is 45.0 Å². The number of aromatic nitrogens is 1. The molecule has 2 aromatic carbocycles. The molecule has 7 nitrogen and oxygen atoms in total. The first kappa shape index (κ1) is 26.7. The van der Waals surface area contributed by atoms with E-state index in [2.05, 4.69) is 4.98 Å². The fourth-order valence-electron chi connectivity index (χ4n) is 4.75. The Morgan fingerprint density at radius 2 is 1.68 bits per heavy atom. The van der Waals surface area contributed by atoms with Crippen LogP contribution in [0.25, 0.3) is 10.9 Å². The average molecular weight is 525 g/mol. The normalized spacial score (nSPS) is 17.9. The molecule has 196 valence electrons. The minimum absolute atomic E-state index is 0.0834. The van der Waals surface area contributed by atoms with E-state index < -0.39 is 35.0 Å². The first-order valence-electron chi connectivity index (χ1n) is 12.3. The van der Waals surface area contributed by atoms with Crippen molar-refractivity contribution in [3.63, 3.8) is 0 Å². The molecule has 1 aliphatic rings. The number of para-hydroxylation sites is 1. The zero-order valence-corrected chi connectivity index (χ0v) is 22.8. The monoisotopic (exact) mass is 524 g/mol. The van der Waals surface area contributed by atoms with Gasteiger partial charge in [0.25, 0.3) is 0 Å². The van der Waals surface area contributed by atoms with Gasteiger partial charge in [-0.05, 0) is 63.9 Å². The smallest absolute Gasteiger partial charge is 0.338 e. The molecule has 0 saturated heterocycles. The van der Waals surface area contributed by atoms with Gasteiger partial charge in [-0.2, -0.15) is 0 Å². The molecule has 3 aromatic rings. The summed E-state index contributed by atoms with van der Waals surface area (Å²) >= 11 is 6.21. The van der Waals surface area contributed by atoms with Crippen LogP contribution < -0.4 is 0 Å². The van der Waals surface area contributed by atoms with Gasteiger partial charge in [-0.3, -0.25) is 4.79 Å². The third kappa shape index (κ3) is 5.10. The molecular weight excluding hydrogens is 492 g/mol. The SMILES string of the molecule is COC(=O)[C@H]1Cc2c([nH]c3ccccc23)[C@H](c2ccc(C(=O)OC(C)(C)C)cc2)N1C(=O)C(C)(C)CCl. The number of carbonyl (C=O) groups is 3. The van der Waals surface area contributed by atoms with Crippen LogP contribution in [0.2, 0.25) is 0 Å². The Morgan fingerprint density at radius 3 is 2.27 bits per heavy atom. The second-order valence-electron chi connectivity index (χ2n) is 11.1. The number of rotatable bonds is 5. The lowest BCUT2D eigenvalue weighted by molar-refractivity contribution is -0.158. The fraction of sp³-hybridized carbons (Fsp3) is 0.414. The Kier molecular flexibility index (Phi) is 7.12. The van der Waals surface area contributed by atoms with Crippen LogP contribution in [0.4, 0.5) is 0 Å². The lowest BCUT2D eigenvalue weighted by Crippen LogP contribution is -2.55. The Hall–Kier alpha value is -3.32. The number of ether oxygens (including phenoxy) is 2. The number of methoxy groups -OCH3 is 1. The number of alkyl halides is 1. The van der Waals surface area contributed by atoms with Crippen molar-refractivity contribution in [1.82, 2.24) is 9.88 Å². The van der Waals surface area contributed by atoms with Crippen LogP contribution in [0.5, 0.6) is 0 Å². The molecule has 1 amide bonds. The topological polar surface area (TPSA) is 88.7 Å². The summed E-state index contributed by atoms with van der Waals surface area (Å²) in [7, 11) is 1.33. The van der Waals surface area contributed by atoms with Crippen LogP contribution in [0.3, 0.4) is 0 Å². The summed E-state index contributed by atoms with van der Waals surface area (Å²) in [4.78, 5) is 44.8. The number of H-pyrrole nitrogens is 1. The number of esters is 2. The van der Waals surface area contributed by atoms with Gasteiger partial charge in [0.15, 0.2) is 0 Å². The van der Waals surface area contributed by atoms with Crippen molar-refractivity contribution in [2.45, 2.75) is 58.7 Å². The Bertz CT molecular complexity index is 1340. The molecule has 4 rings (SSSR count). The molecule has 0 unspecified atom stereocenters. The summed E-state index contributed by atoms with van der Waals surface area (Å²) < 4.78 is 10.7. The van der Waals surface area contributed by atoms with Gasteiger partial charge in [0.05, 0.1) is 24.1 Å². The Labute approximate surface area is 222 Å². The van der Waals surface area contributed by atoms with Gasteiger partial charge >= 0.3 is 11.9 Å². The number of benzene rings is 2. The van der Waals surface area contributed by atoms with Crippen molar-refractivity contribution >= 4 is 40.3 Å². The van der Waals surface area contributed by atoms with E-state index in [0.29, 0.717) is 12.0 Å². The summed E-state index contributed by atoms with van der Waals surface area (Å²) in [5.41, 5.74) is 2.29. The van der Waals surface area contributed by atoms with Gasteiger partial charge in [-0.15, -0.1) is 11.6 Å². The van der Waals surface area contributed by atoms with Crippen molar-refractivity contribution in [2.24, 2.45) is 5.41 Å². The average Bonchev–Trinajstić information content (AvgIpc) is 3.24. The van der Waals surface area contributed by atoms with Gasteiger partial charge in [0.2, 0.25) is 5.91 Å². The van der Waals surface area contributed by atoms with Crippen LogP contribution in [0, 0.1) is 5.41 Å². The van der Waals surface area contributed by atoms with E-state index in [0.717, 1.165) is 27.7 Å². The molecule has 0 fully saturated rings. The molecule has 1 aromatic heterocycles. The predicted molar refractivity (Wildman–Crippen MR) is 143 cm³/mol. The highest BCUT2D eigenvalue weighted by atomic mass is 35.5. The van der Waals surface area contributed by atoms with Crippen molar-refractivity contribution in [2.75, 3.05) is 13.0 Å². The third-order valence-electron chi connectivity index (χ3n) is 6.61. The maximum atomic E-state index is 14.0. The first-order valence-corrected chi connectivity index (χ1v) is 12.8. The van der Waals surface area contributed by atoms with E-state index in [1.54, 1.807) is 43.0 Å². The van der Waals surface area contributed by atoms with Gasteiger partial charge in [0.1, 0.15) is 11.6 Å². The number of carbonyl (C=O) groups excluding carboxylic acids is 3. The molecular formula is C29H33ClN2O5. The summed E-state index contributed by atoms with van der Waals surface area (Å²) in [6.45, 7) is 8.97. The van der Waals surface area contributed by atoms with E-state index in [9.17, 15) is 14.4 Å². The van der Waals surface area contributed by atoms with Gasteiger partial charge in [0, 0.05) is 28.9 Å². The summed E-state index contributed by atoms with van der Waals surface area (Å²) in [5.74, 6) is -1.11. The van der Waals surface area contributed by atoms with Crippen LogP contribution in [0.15, 0.2) is 48.5 Å². The van der Waals surface area contributed by atoms with Crippen LogP contribution in [-0.2, 0) is 25.5 Å².